The van der Waals surface area contributed by atoms with Crippen LogP contribution in [-0.2, 0) is 28.6 Å². The van der Waals surface area contributed by atoms with Crippen molar-refractivity contribution in [1.82, 2.24) is 4.90 Å². The van der Waals surface area contributed by atoms with Gasteiger partial charge in [-0.15, -0.1) is 0 Å². The highest BCUT2D eigenvalue weighted by atomic mass is 35.5. The van der Waals surface area contributed by atoms with Gasteiger partial charge in [0.1, 0.15) is 23.6 Å². The van der Waals surface area contributed by atoms with Crippen LogP contribution in [0.1, 0.15) is 38.2 Å². The quantitative estimate of drug-likeness (QED) is 0.119. The molecule has 3 aromatic rings. The van der Waals surface area contributed by atoms with Gasteiger partial charge in [0.15, 0.2) is 0 Å². The van der Waals surface area contributed by atoms with E-state index in [-0.39, 0.29) is 22.7 Å². The maximum absolute atomic E-state index is 13.6. The van der Waals surface area contributed by atoms with Crippen molar-refractivity contribution in [2.75, 3.05) is 19.9 Å². The van der Waals surface area contributed by atoms with E-state index in [1.807, 2.05) is 0 Å². The highest BCUT2D eigenvalue weighted by molar-refractivity contribution is 6.33. The molecule has 1 aliphatic rings. The van der Waals surface area contributed by atoms with E-state index < -0.39 is 54.2 Å². The normalized spacial score (nSPS) is 15.8. The summed E-state index contributed by atoms with van der Waals surface area (Å²) < 4.78 is 33.4. The largest absolute Gasteiger partial charge is 0.511 e. The molecule has 1 saturated heterocycles. The maximum Gasteiger partial charge on any atom is 0.511 e. The maximum atomic E-state index is 13.6. The molecule has 4 rings (SSSR count). The fourth-order valence-corrected chi connectivity index (χ4v) is 4.90. The molecule has 1 unspecified atom stereocenters. The Morgan fingerprint density at radius 2 is 1.90 bits per heavy atom. The highest BCUT2D eigenvalue weighted by Crippen LogP contribution is 2.34. The summed E-state index contributed by atoms with van der Waals surface area (Å²) in [5.74, 6) is -3.63. The lowest BCUT2D eigenvalue weighted by molar-refractivity contribution is -0.161. The van der Waals surface area contributed by atoms with Crippen LogP contribution in [0.15, 0.2) is 51.7 Å². The molecule has 2 aromatic carbocycles. The van der Waals surface area contributed by atoms with Gasteiger partial charge in [0.25, 0.3) is 0 Å². The number of rotatable bonds is 8. The van der Waals surface area contributed by atoms with Crippen molar-refractivity contribution in [2.24, 2.45) is 5.92 Å². The minimum Gasteiger partial charge on any atom is -0.431 e. The predicted octanol–water partition coefficient (Wildman–Crippen LogP) is 4.84. The van der Waals surface area contributed by atoms with Crippen LogP contribution in [0.4, 0.5) is 9.18 Å². The molecule has 12 heteroatoms. The van der Waals surface area contributed by atoms with Gasteiger partial charge in [-0.05, 0) is 56.5 Å². The number of ether oxygens (including phenoxy) is 3. The molecule has 0 spiro atoms. The monoisotopic (exact) mass is 587 g/mol. The Labute approximate surface area is 238 Å². The third kappa shape index (κ3) is 7.10. The molecule has 0 aliphatic carbocycles. The number of likely N-dealkylation sites (tertiary alicyclic amines) is 1. The van der Waals surface area contributed by atoms with E-state index in [2.05, 4.69) is 0 Å². The summed E-state index contributed by atoms with van der Waals surface area (Å²) in [6.45, 7) is 2.98. The van der Waals surface area contributed by atoms with Crippen LogP contribution >= 0.6 is 11.6 Å². The Kier molecular flexibility index (Phi) is 9.38. The highest BCUT2D eigenvalue weighted by Gasteiger charge is 2.33. The number of hydrogen-bond donors (Lipinski definition) is 0. The summed E-state index contributed by atoms with van der Waals surface area (Å²) in [5.41, 5.74) is 0.513. The number of nitrogens with zero attached hydrogens (tertiary/aromatic N) is 1. The number of carbonyl (C=O) groups excluding carboxylic acids is 4. The van der Waals surface area contributed by atoms with Gasteiger partial charge in [0, 0.05) is 35.7 Å². The first kappa shape index (κ1) is 29.7. The van der Waals surface area contributed by atoms with Gasteiger partial charge in [-0.3, -0.25) is 9.59 Å². The lowest BCUT2D eigenvalue weighted by Gasteiger charge is -2.33. The van der Waals surface area contributed by atoms with Crippen molar-refractivity contribution in [2.45, 2.75) is 38.7 Å². The standard InChI is InChI=1S/C29H27ClFNO9/c1-16(2)40-29(37)39-15-38-28(36)18-4-3-9-32(13-18)27(35)23(14-33)17-5-7-21-22(12-26(34)41-25(21)10-17)20-8-6-19(31)11-24(20)30/h5-8,10-12,14,16,18,23H,3-4,9,13,15H2,1-2H3/t18-,23?/m0/s1. The summed E-state index contributed by atoms with van der Waals surface area (Å²) in [6, 6.07) is 9.59. The Morgan fingerprint density at radius 1 is 1.12 bits per heavy atom. The molecule has 2 heterocycles. The second-order valence-corrected chi connectivity index (χ2v) is 10.1. The fraction of sp³-hybridized carbons (Fsp3) is 0.345. The van der Waals surface area contributed by atoms with E-state index in [9.17, 15) is 28.4 Å². The number of fused-ring (bicyclic) bond motifs is 1. The zero-order valence-corrected chi connectivity index (χ0v) is 23.0. The van der Waals surface area contributed by atoms with Crippen molar-refractivity contribution in [3.63, 3.8) is 0 Å². The lowest BCUT2D eigenvalue weighted by atomic mass is 9.93. The first-order chi connectivity index (χ1) is 19.6. The van der Waals surface area contributed by atoms with E-state index in [0.717, 1.165) is 6.07 Å². The minimum atomic E-state index is -1.23. The molecule has 41 heavy (non-hydrogen) atoms. The Bertz CT molecular complexity index is 1540. The number of piperidine rings is 1. The van der Waals surface area contributed by atoms with E-state index >= 15 is 0 Å². The minimum absolute atomic E-state index is 0.00826. The molecule has 1 amide bonds. The second-order valence-electron chi connectivity index (χ2n) is 9.74. The molecule has 10 nitrogen and oxygen atoms in total. The number of hydrogen-bond acceptors (Lipinski definition) is 9. The topological polar surface area (TPSA) is 129 Å². The van der Waals surface area contributed by atoms with E-state index in [0.29, 0.717) is 42.2 Å². The van der Waals surface area contributed by atoms with Crippen molar-refractivity contribution in [1.29, 1.82) is 0 Å². The van der Waals surface area contributed by atoms with Gasteiger partial charge in [-0.1, -0.05) is 23.7 Å². The Morgan fingerprint density at radius 3 is 2.61 bits per heavy atom. The molecule has 2 atom stereocenters. The summed E-state index contributed by atoms with van der Waals surface area (Å²) in [4.78, 5) is 63.2. The molecule has 216 valence electrons. The summed E-state index contributed by atoms with van der Waals surface area (Å²) in [7, 11) is 0. The molecule has 0 radical (unpaired) electrons. The van der Waals surface area contributed by atoms with Crippen molar-refractivity contribution >= 4 is 46.9 Å². The third-order valence-corrected chi connectivity index (χ3v) is 6.84. The SMILES string of the molecule is CC(C)OC(=O)OCOC(=O)[C@H]1CCCN(C(=O)C(C=O)c2ccc3c(-c4ccc(F)cc4Cl)cc(=O)oc3c2)C1. The molecule has 0 N–H and O–H groups in total. The zero-order chi connectivity index (χ0) is 29.7. The van der Waals surface area contributed by atoms with Crippen LogP contribution in [0.5, 0.6) is 0 Å². The van der Waals surface area contributed by atoms with Crippen LogP contribution in [0.3, 0.4) is 0 Å². The van der Waals surface area contributed by atoms with Crippen LogP contribution in [0, 0.1) is 11.7 Å². The average molecular weight is 588 g/mol. The van der Waals surface area contributed by atoms with Gasteiger partial charge in [-0.25, -0.2) is 14.0 Å². The number of aldehydes is 1. The Hall–Kier alpha value is -4.25. The van der Waals surface area contributed by atoms with Crippen molar-refractivity contribution in [3.8, 4) is 11.1 Å². The number of benzene rings is 2. The molecule has 1 aliphatic heterocycles. The van der Waals surface area contributed by atoms with Crippen LogP contribution in [-0.4, -0.2) is 55.2 Å². The average Bonchev–Trinajstić information content (AvgIpc) is 2.92. The fourth-order valence-electron chi connectivity index (χ4n) is 4.63. The van der Waals surface area contributed by atoms with Gasteiger partial charge in [0.2, 0.25) is 12.7 Å². The number of halogens is 2. The molecular formula is C29H27ClFNO9. The summed E-state index contributed by atoms with van der Waals surface area (Å²) in [6.07, 6.45) is 0.0536. The third-order valence-electron chi connectivity index (χ3n) is 6.53. The van der Waals surface area contributed by atoms with Crippen molar-refractivity contribution < 1.29 is 42.2 Å². The van der Waals surface area contributed by atoms with Crippen LogP contribution < -0.4 is 5.63 Å². The second kappa shape index (κ2) is 12.9. The van der Waals surface area contributed by atoms with Crippen LogP contribution in [0.25, 0.3) is 22.1 Å². The van der Waals surface area contributed by atoms with Gasteiger partial charge >= 0.3 is 17.8 Å². The first-order valence-corrected chi connectivity index (χ1v) is 13.2. The van der Waals surface area contributed by atoms with E-state index in [1.54, 1.807) is 26.0 Å². The number of carbonyl (C=O) groups is 4. The molecule has 1 fully saturated rings. The number of amides is 1. The number of esters is 1. The molecule has 0 saturated carbocycles. The predicted molar refractivity (Wildman–Crippen MR) is 145 cm³/mol. The first-order valence-electron chi connectivity index (χ1n) is 12.8. The molecule has 0 bridgehead atoms. The van der Waals surface area contributed by atoms with E-state index in [4.69, 9.17) is 30.2 Å². The molecular weight excluding hydrogens is 561 g/mol. The van der Waals surface area contributed by atoms with Gasteiger partial charge < -0.3 is 28.3 Å². The van der Waals surface area contributed by atoms with Gasteiger partial charge in [-0.2, -0.15) is 0 Å². The summed E-state index contributed by atoms with van der Waals surface area (Å²) in [5, 5.41) is 0.571. The van der Waals surface area contributed by atoms with Crippen molar-refractivity contribution in [3.05, 3.63) is 69.3 Å². The lowest BCUT2D eigenvalue weighted by Crippen LogP contribution is -2.45. The van der Waals surface area contributed by atoms with E-state index in [1.165, 1.54) is 29.2 Å². The Balaban J connectivity index is 1.50. The zero-order valence-electron chi connectivity index (χ0n) is 22.3. The molecule has 1 aromatic heterocycles. The summed E-state index contributed by atoms with van der Waals surface area (Å²) >= 11 is 6.21. The van der Waals surface area contributed by atoms with Crippen LogP contribution in [0.2, 0.25) is 5.02 Å². The van der Waals surface area contributed by atoms with Gasteiger partial charge in [0.05, 0.1) is 17.0 Å². The smallest absolute Gasteiger partial charge is 0.431 e.